The number of piperidine rings is 1. The molecule has 1 N–H and O–H groups in total. The molecule has 1 aliphatic rings. The standard InChI is InChI=1S/C15H21N5O/c1-12-6-10-20-13(11-12)17-15(18-20)16-7-5-14(21)19-8-3-2-4-9-19/h6,10-11H,2-5,7-9H2,1H3,(H,16,18). The highest BCUT2D eigenvalue weighted by atomic mass is 16.2. The molecule has 0 saturated carbocycles. The lowest BCUT2D eigenvalue weighted by molar-refractivity contribution is -0.131. The number of aryl methyl sites for hydroxylation is 1. The molecule has 3 rings (SSSR count). The molecule has 0 unspecified atom stereocenters. The number of fused-ring (bicyclic) bond motifs is 1. The number of anilines is 1. The van der Waals surface area contributed by atoms with Crippen molar-refractivity contribution in [2.75, 3.05) is 25.0 Å². The van der Waals surface area contributed by atoms with Crippen LogP contribution in [0.3, 0.4) is 0 Å². The molecule has 2 aromatic heterocycles. The molecule has 1 saturated heterocycles. The fraction of sp³-hybridized carbons (Fsp3) is 0.533. The smallest absolute Gasteiger partial charge is 0.243 e. The summed E-state index contributed by atoms with van der Waals surface area (Å²) in [7, 11) is 0. The van der Waals surface area contributed by atoms with Crippen molar-refractivity contribution < 1.29 is 4.79 Å². The van der Waals surface area contributed by atoms with Gasteiger partial charge in [0.15, 0.2) is 5.65 Å². The lowest BCUT2D eigenvalue weighted by atomic mass is 10.1. The molecule has 1 aliphatic heterocycles. The van der Waals surface area contributed by atoms with Gasteiger partial charge in [0, 0.05) is 32.3 Å². The molecule has 2 aromatic rings. The van der Waals surface area contributed by atoms with E-state index in [0.29, 0.717) is 18.9 Å². The van der Waals surface area contributed by atoms with Crippen LogP contribution in [0.2, 0.25) is 0 Å². The molecule has 6 nitrogen and oxygen atoms in total. The van der Waals surface area contributed by atoms with E-state index in [1.807, 2.05) is 30.2 Å². The zero-order valence-electron chi connectivity index (χ0n) is 12.4. The van der Waals surface area contributed by atoms with Crippen molar-refractivity contribution in [2.45, 2.75) is 32.6 Å². The van der Waals surface area contributed by atoms with Gasteiger partial charge in [-0.15, -0.1) is 5.10 Å². The number of carbonyl (C=O) groups is 1. The van der Waals surface area contributed by atoms with Gasteiger partial charge in [-0.3, -0.25) is 4.79 Å². The lowest BCUT2D eigenvalue weighted by Gasteiger charge is -2.26. The van der Waals surface area contributed by atoms with Gasteiger partial charge < -0.3 is 10.2 Å². The van der Waals surface area contributed by atoms with Crippen LogP contribution in [-0.2, 0) is 4.79 Å². The van der Waals surface area contributed by atoms with Gasteiger partial charge >= 0.3 is 0 Å². The molecular formula is C15H21N5O. The maximum atomic E-state index is 12.0. The first kappa shape index (κ1) is 13.9. The molecule has 1 amide bonds. The number of hydrogen-bond acceptors (Lipinski definition) is 4. The van der Waals surface area contributed by atoms with Crippen molar-refractivity contribution in [2.24, 2.45) is 0 Å². The normalized spacial score (nSPS) is 15.4. The molecule has 0 radical (unpaired) electrons. The van der Waals surface area contributed by atoms with Crippen LogP contribution < -0.4 is 5.32 Å². The van der Waals surface area contributed by atoms with Crippen molar-refractivity contribution in [1.29, 1.82) is 0 Å². The van der Waals surface area contributed by atoms with Crippen LogP contribution in [0, 0.1) is 6.92 Å². The van der Waals surface area contributed by atoms with E-state index in [1.54, 1.807) is 4.52 Å². The van der Waals surface area contributed by atoms with E-state index in [2.05, 4.69) is 15.4 Å². The Balaban J connectivity index is 1.53. The summed E-state index contributed by atoms with van der Waals surface area (Å²) < 4.78 is 1.74. The summed E-state index contributed by atoms with van der Waals surface area (Å²) in [6, 6.07) is 3.97. The number of pyridine rings is 1. The number of nitrogens with zero attached hydrogens (tertiary/aromatic N) is 4. The highest BCUT2D eigenvalue weighted by Crippen LogP contribution is 2.10. The third-order valence-electron chi connectivity index (χ3n) is 3.82. The third-order valence-corrected chi connectivity index (χ3v) is 3.82. The summed E-state index contributed by atoms with van der Waals surface area (Å²) in [5.41, 5.74) is 1.97. The zero-order valence-corrected chi connectivity index (χ0v) is 12.4. The summed E-state index contributed by atoms with van der Waals surface area (Å²) in [6.45, 7) is 4.42. The zero-order chi connectivity index (χ0) is 14.7. The third kappa shape index (κ3) is 3.32. The number of likely N-dealkylation sites (tertiary alicyclic amines) is 1. The average Bonchev–Trinajstić information content (AvgIpc) is 2.89. The van der Waals surface area contributed by atoms with Crippen LogP contribution in [0.4, 0.5) is 5.95 Å². The van der Waals surface area contributed by atoms with E-state index in [0.717, 1.165) is 37.1 Å². The largest absolute Gasteiger partial charge is 0.352 e. The minimum Gasteiger partial charge on any atom is -0.352 e. The Kier molecular flexibility index (Phi) is 4.03. The first-order chi connectivity index (χ1) is 10.2. The Bertz CT molecular complexity index is 630. The summed E-state index contributed by atoms with van der Waals surface area (Å²) in [5, 5.41) is 7.47. The van der Waals surface area contributed by atoms with Gasteiger partial charge in [0.25, 0.3) is 0 Å². The van der Waals surface area contributed by atoms with Crippen molar-refractivity contribution in [3.05, 3.63) is 23.9 Å². The number of aromatic nitrogens is 3. The maximum Gasteiger partial charge on any atom is 0.243 e. The molecule has 6 heteroatoms. The Morgan fingerprint density at radius 3 is 2.95 bits per heavy atom. The summed E-state index contributed by atoms with van der Waals surface area (Å²) in [6.07, 6.45) is 5.89. The van der Waals surface area contributed by atoms with Crippen LogP contribution in [0.15, 0.2) is 18.3 Å². The maximum absolute atomic E-state index is 12.0. The van der Waals surface area contributed by atoms with Crippen LogP contribution in [0.1, 0.15) is 31.2 Å². The Morgan fingerprint density at radius 1 is 1.33 bits per heavy atom. The number of hydrogen-bond donors (Lipinski definition) is 1. The van der Waals surface area contributed by atoms with Gasteiger partial charge in [0.2, 0.25) is 11.9 Å². The van der Waals surface area contributed by atoms with E-state index in [1.165, 1.54) is 6.42 Å². The first-order valence-corrected chi connectivity index (χ1v) is 7.57. The van der Waals surface area contributed by atoms with Crippen molar-refractivity contribution >= 4 is 17.5 Å². The van der Waals surface area contributed by atoms with Crippen LogP contribution in [-0.4, -0.2) is 45.0 Å². The molecule has 0 spiro atoms. The Labute approximate surface area is 124 Å². The summed E-state index contributed by atoms with van der Waals surface area (Å²) in [5.74, 6) is 0.800. The van der Waals surface area contributed by atoms with Crippen LogP contribution in [0.25, 0.3) is 5.65 Å². The number of amides is 1. The SMILES string of the molecule is Cc1ccn2nc(NCCC(=O)N3CCCCC3)nc2c1. The summed E-state index contributed by atoms with van der Waals surface area (Å²) in [4.78, 5) is 18.4. The van der Waals surface area contributed by atoms with Crippen molar-refractivity contribution in [3.8, 4) is 0 Å². The van der Waals surface area contributed by atoms with E-state index < -0.39 is 0 Å². The van der Waals surface area contributed by atoms with E-state index in [-0.39, 0.29) is 5.91 Å². The van der Waals surface area contributed by atoms with Gasteiger partial charge in [-0.2, -0.15) is 4.98 Å². The highest BCUT2D eigenvalue weighted by Gasteiger charge is 2.15. The molecule has 21 heavy (non-hydrogen) atoms. The van der Waals surface area contributed by atoms with Gasteiger partial charge in [0.1, 0.15) is 0 Å². The number of rotatable bonds is 4. The van der Waals surface area contributed by atoms with Crippen molar-refractivity contribution in [3.63, 3.8) is 0 Å². The minimum atomic E-state index is 0.224. The lowest BCUT2D eigenvalue weighted by Crippen LogP contribution is -2.36. The van der Waals surface area contributed by atoms with Gasteiger partial charge in [-0.25, -0.2) is 4.52 Å². The minimum absolute atomic E-state index is 0.224. The predicted molar refractivity (Wildman–Crippen MR) is 81.3 cm³/mol. The van der Waals surface area contributed by atoms with Gasteiger partial charge in [-0.05, 0) is 43.9 Å². The van der Waals surface area contributed by atoms with E-state index >= 15 is 0 Å². The fourth-order valence-corrected chi connectivity index (χ4v) is 2.64. The second-order valence-corrected chi connectivity index (χ2v) is 5.56. The molecule has 3 heterocycles. The molecule has 0 atom stereocenters. The quantitative estimate of drug-likeness (QED) is 0.932. The predicted octanol–water partition coefficient (Wildman–Crippen LogP) is 1.85. The van der Waals surface area contributed by atoms with Gasteiger partial charge in [-0.1, -0.05) is 0 Å². The molecule has 0 aliphatic carbocycles. The monoisotopic (exact) mass is 287 g/mol. The molecule has 112 valence electrons. The second kappa shape index (κ2) is 6.11. The Hall–Kier alpha value is -2.11. The van der Waals surface area contributed by atoms with Gasteiger partial charge in [0.05, 0.1) is 0 Å². The molecule has 1 fully saturated rings. The molecule has 0 bridgehead atoms. The topological polar surface area (TPSA) is 62.5 Å². The van der Waals surface area contributed by atoms with E-state index in [4.69, 9.17) is 0 Å². The second-order valence-electron chi connectivity index (χ2n) is 5.56. The average molecular weight is 287 g/mol. The van der Waals surface area contributed by atoms with E-state index in [9.17, 15) is 4.79 Å². The molecule has 0 aromatic carbocycles. The molecular weight excluding hydrogens is 266 g/mol. The Morgan fingerprint density at radius 2 is 2.14 bits per heavy atom. The first-order valence-electron chi connectivity index (χ1n) is 7.57. The van der Waals surface area contributed by atoms with Crippen LogP contribution in [0.5, 0.6) is 0 Å². The fourth-order valence-electron chi connectivity index (χ4n) is 2.64. The highest BCUT2D eigenvalue weighted by molar-refractivity contribution is 5.76. The summed E-state index contributed by atoms with van der Waals surface area (Å²) >= 11 is 0. The van der Waals surface area contributed by atoms with Crippen molar-refractivity contribution in [1.82, 2.24) is 19.5 Å². The van der Waals surface area contributed by atoms with Crippen LogP contribution >= 0.6 is 0 Å². The number of nitrogens with one attached hydrogen (secondary N) is 1. The number of carbonyl (C=O) groups excluding carboxylic acids is 1.